The Morgan fingerprint density at radius 1 is 0.556 bits per heavy atom. The van der Waals surface area contributed by atoms with Gasteiger partial charge in [-0.15, -0.1) is 0 Å². The molecule has 1 unspecified atom stereocenters. The lowest BCUT2D eigenvalue weighted by Gasteiger charge is -2.29. The fourth-order valence-corrected chi connectivity index (χ4v) is 6.82. The van der Waals surface area contributed by atoms with E-state index in [1.54, 1.807) is 11.1 Å². The maximum absolute atomic E-state index is 2.51. The number of hydrogen-bond donors (Lipinski definition) is 0. The number of unbranched alkanes of at least 4 members (excludes halogenated alkanes) is 6. The van der Waals surface area contributed by atoms with Gasteiger partial charge in [-0.25, -0.2) is 0 Å². The Bertz CT molecular complexity index is 892. The molecular weight excluding hydrogens is 432 g/mol. The largest absolute Gasteiger partial charge is 0.0804 e. The van der Waals surface area contributed by atoms with Crippen LogP contribution < -0.4 is 0 Å². The van der Waals surface area contributed by atoms with Gasteiger partial charge in [-0.2, -0.15) is 0 Å². The molecule has 0 bridgehead atoms. The van der Waals surface area contributed by atoms with Gasteiger partial charge in [-0.3, -0.25) is 0 Å². The first-order chi connectivity index (χ1) is 17.8. The number of hydrogen-bond acceptors (Lipinski definition) is 0. The zero-order chi connectivity index (χ0) is 25.0. The van der Waals surface area contributed by atoms with E-state index in [-0.39, 0.29) is 0 Å². The topological polar surface area (TPSA) is 0 Å². The van der Waals surface area contributed by atoms with Crippen LogP contribution in [0.5, 0.6) is 0 Å². The first-order valence-corrected chi connectivity index (χ1v) is 15.7. The van der Waals surface area contributed by atoms with Crippen molar-refractivity contribution in [2.75, 3.05) is 0 Å². The molecule has 196 valence electrons. The van der Waals surface area contributed by atoms with Crippen molar-refractivity contribution >= 4 is 5.57 Å². The van der Waals surface area contributed by atoms with E-state index in [9.17, 15) is 0 Å². The van der Waals surface area contributed by atoms with Crippen molar-refractivity contribution in [1.82, 2.24) is 0 Å². The molecule has 0 radical (unpaired) electrons. The highest BCUT2D eigenvalue weighted by Crippen LogP contribution is 2.38. The smallest absolute Gasteiger partial charge is 0.0162 e. The summed E-state index contributed by atoms with van der Waals surface area (Å²) in [6.45, 7) is 4.62. The van der Waals surface area contributed by atoms with Crippen LogP contribution in [0, 0.1) is 11.8 Å². The van der Waals surface area contributed by atoms with Crippen molar-refractivity contribution in [2.45, 2.75) is 129 Å². The molecule has 0 spiro atoms. The zero-order valence-electron chi connectivity index (χ0n) is 23.4. The fourth-order valence-electron chi connectivity index (χ4n) is 6.82. The van der Waals surface area contributed by atoms with Crippen molar-refractivity contribution in [3.63, 3.8) is 0 Å². The van der Waals surface area contributed by atoms with Crippen molar-refractivity contribution in [1.29, 1.82) is 0 Å². The first kappa shape index (κ1) is 27.2. The summed E-state index contributed by atoms with van der Waals surface area (Å²) >= 11 is 0. The van der Waals surface area contributed by atoms with Gasteiger partial charge in [0.1, 0.15) is 0 Å². The normalized spacial score (nSPS) is 22.4. The maximum atomic E-state index is 2.51. The van der Waals surface area contributed by atoms with Crippen molar-refractivity contribution in [3.8, 4) is 11.1 Å². The van der Waals surface area contributed by atoms with Gasteiger partial charge in [0.05, 0.1) is 0 Å². The highest BCUT2D eigenvalue weighted by atomic mass is 14.3. The molecule has 1 saturated carbocycles. The van der Waals surface area contributed by atoms with E-state index in [0.717, 1.165) is 17.8 Å². The van der Waals surface area contributed by atoms with Crippen molar-refractivity contribution < 1.29 is 0 Å². The summed E-state index contributed by atoms with van der Waals surface area (Å²) < 4.78 is 0. The zero-order valence-corrected chi connectivity index (χ0v) is 23.4. The Hall–Kier alpha value is -1.82. The Kier molecular flexibility index (Phi) is 11.2. The minimum Gasteiger partial charge on any atom is -0.0804 e. The van der Waals surface area contributed by atoms with Crippen LogP contribution in [0.4, 0.5) is 0 Å². The van der Waals surface area contributed by atoms with Crippen LogP contribution in [0.1, 0.15) is 140 Å². The Balaban J connectivity index is 1.21. The van der Waals surface area contributed by atoms with Crippen LogP contribution in [-0.4, -0.2) is 0 Å². The van der Waals surface area contributed by atoms with Crippen LogP contribution in [0.2, 0.25) is 0 Å². The summed E-state index contributed by atoms with van der Waals surface area (Å²) in [6.07, 6.45) is 26.3. The first-order valence-electron chi connectivity index (χ1n) is 15.7. The third kappa shape index (κ3) is 8.09. The predicted molar refractivity (Wildman–Crippen MR) is 159 cm³/mol. The second-order valence-corrected chi connectivity index (χ2v) is 12.0. The summed E-state index contributed by atoms with van der Waals surface area (Å²) in [4.78, 5) is 0. The van der Waals surface area contributed by atoms with Gasteiger partial charge in [-0.05, 0) is 90.5 Å². The number of rotatable bonds is 13. The molecule has 2 aliphatic rings. The standard InChI is InChI=1S/C36H52/c1-3-5-6-7-8-9-10-12-30-15-19-32(20-16-30)34-23-27-36(28-24-34)35-25-21-33(22-26-35)31-17-13-29(11-4-2)14-18-31/h17,21-30,32H,3-16,18-20H2,1-2H3/t29?,30-,32-. The Morgan fingerprint density at radius 3 is 1.78 bits per heavy atom. The molecule has 36 heavy (non-hydrogen) atoms. The minimum absolute atomic E-state index is 0.779. The summed E-state index contributed by atoms with van der Waals surface area (Å²) in [7, 11) is 0. The molecule has 0 amide bonds. The van der Waals surface area contributed by atoms with Gasteiger partial charge in [0, 0.05) is 0 Å². The van der Waals surface area contributed by atoms with Gasteiger partial charge in [0.15, 0.2) is 0 Å². The monoisotopic (exact) mass is 484 g/mol. The summed E-state index contributed by atoms with van der Waals surface area (Å²) in [5.41, 5.74) is 7.27. The van der Waals surface area contributed by atoms with Gasteiger partial charge in [0.25, 0.3) is 0 Å². The second-order valence-electron chi connectivity index (χ2n) is 12.0. The van der Waals surface area contributed by atoms with E-state index >= 15 is 0 Å². The van der Waals surface area contributed by atoms with Crippen LogP contribution in [0.25, 0.3) is 16.7 Å². The number of allylic oxidation sites excluding steroid dienone is 2. The summed E-state index contributed by atoms with van der Waals surface area (Å²) in [6, 6.07) is 18.9. The van der Waals surface area contributed by atoms with Crippen molar-refractivity contribution in [3.05, 3.63) is 65.7 Å². The van der Waals surface area contributed by atoms with Gasteiger partial charge < -0.3 is 0 Å². The molecule has 1 fully saturated rings. The Morgan fingerprint density at radius 2 is 1.17 bits per heavy atom. The lowest BCUT2D eigenvalue weighted by atomic mass is 9.77. The van der Waals surface area contributed by atoms with Crippen LogP contribution >= 0.6 is 0 Å². The molecule has 4 rings (SSSR count). The molecule has 0 heteroatoms. The molecule has 0 aromatic heterocycles. The SMILES string of the molecule is CCCCCCCCC[C@H]1CC[C@H](c2ccc(-c3ccc(C4=CCC(CCC)CC4)cc3)cc2)CC1. The molecule has 2 aromatic rings. The third-order valence-electron chi connectivity index (χ3n) is 9.25. The second kappa shape index (κ2) is 14.8. The summed E-state index contributed by atoms with van der Waals surface area (Å²) in [5.74, 6) is 2.68. The molecule has 0 N–H and O–H groups in total. The molecule has 0 heterocycles. The molecular formula is C36H52. The molecule has 1 atom stereocenters. The predicted octanol–water partition coefficient (Wildman–Crippen LogP) is 11.8. The maximum Gasteiger partial charge on any atom is -0.0162 e. The molecule has 0 nitrogen and oxygen atoms in total. The average molecular weight is 485 g/mol. The lowest BCUT2D eigenvalue weighted by molar-refractivity contribution is 0.302. The molecule has 0 aliphatic heterocycles. The fraction of sp³-hybridized carbons (Fsp3) is 0.611. The molecule has 0 saturated heterocycles. The van der Waals surface area contributed by atoms with Crippen LogP contribution in [0.3, 0.4) is 0 Å². The van der Waals surface area contributed by atoms with Gasteiger partial charge in [-0.1, -0.05) is 133 Å². The van der Waals surface area contributed by atoms with E-state index in [1.807, 2.05) is 0 Å². The molecule has 2 aliphatic carbocycles. The minimum atomic E-state index is 0.779. The van der Waals surface area contributed by atoms with Gasteiger partial charge >= 0.3 is 0 Å². The summed E-state index contributed by atoms with van der Waals surface area (Å²) in [5, 5.41) is 0. The van der Waals surface area contributed by atoms with E-state index in [0.29, 0.717) is 0 Å². The Labute approximate surface area is 223 Å². The van der Waals surface area contributed by atoms with E-state index in [2.05, 4.69) is 68.5 Å². The van der Waals surface area contributed by atoms with E-state index in [4.69, 9.17) is 0 Å². The average Bonchev–Trinajstić information content (AvgIpc) is 2.94. The third-order valence-corrected chi connectivity index (χ3v) is 9.25. The van der Waals surface area contributed by atoms with E-state index in [1.165, 1.54) is 126 Å². The van der Waals surface area contributed by atoms with Crippen LogP contribution in [-0.2, 0) is 0 Å². The lowest BCUT2D eigenvalue weighted by Crippen LogP contribution is -2.13. The van der Waals surface area contributed by atoms with Gasteiger partial charge in [0.2, 0.25) is 0 Å². The highest BCUT2D eigenvalue weighted by molar-refractivity contribution is 5.71. The van der Waals surface area contributed by atoms with Crippen LogP contribution in [0.15, 0.2) is 54.6 Å². The van der Waals surface area contributed by atoms with E-state index < -0.39 is 0 Å². The number of benzene rings is 2. The van der Waals surface area contributed by atoms with Crippen molar-refractivity contribution in [2.24, 2.45) is 11.8 Å². The molecule has 2 aromatic carbocycles. The highest BCUT2D eigenvalue weighted by Gasteiger charge is 2.22. The quantitative estimate of drug-likeness (QED) is 0.248.